The molecular weight excluding hydrogens is 244 g/mol. The normalized spacial score (nSPS) is 10.4. The summed E-state index contributed by atoms with van der Waals surface area (Å²) in [6, 6.07) is 7.01. The summed E-state index contributed by atoms with van der Waals surface area (Å²) in [5, 5.41) is 18.3. The Hall–Kier alpha value is -2.37. The lowest BCUT2D eigenvalue weighted by molar-refractivity contribution is -0.385. The van der Waals surface area contributed by atoms with Crippen molar-refractivity contribution in [2.75, 3.05) is 11.9 Å². The molecule has 2 aromatic rings. The van der Waals surface area contributed by atoms with Crippen LogP contribution in [0.3, 0.4) is 0 Å². The largest absolute Gasteiger partial charge is 0.384 e. The van der Waals surface area contributed by atoms with Gasteiger partial charge in [0.1, 0.15) is 0 Å². The quantitative estimate of drug-likeness (QED) is 0.661. The summed E-state index contributed by atoms with van der Waals surface area (Å²) >= 11 is 0. The van der Waals surface area contributed by atoms with Crippen molar-refractivity contribution in [3.63, 3.8) is 0 Å². The molecule has 2 rings (SSSR count). The summed E-state index contributed by atoms with van der Waals surface area (Å²) in [4.78, 5) is 10.5. The number of nitro groups is 1. The van der Waals surface area contributed by atoms with Crippen LogP contribution in [0.4, 0.5) is 11.4 Å². The third-order valence-electron chi connectivity index (χ3n) is 2.97. The van der Waals surface area contributed by atoms with Crippen molar-refractivity contribution in [1.29, 1.82) is 0 Å². The van der Waals surface area contributed by atoms with Crippen molar-refractivity contribution in [2.24, 2.45) is 7.05 Å². The van der Waals surface area contributed by atoms with E-state index in [1.165, 1.54) is 6.07 Å². The molecule has 1 heterocycles. The first kappa shape index (κ1) is 13.1. The molecule has 1 N–H and O–H groups in total. The summed E-state index contributed by atoms with van der Waals surface area (Å²) in [7, 11) is 1.88. The number of anilines is 1. The molecule has 19 heavy (non-hydrogen) atoms. The number of nitro benzene ring substituents is 1. The smallest absolute Gasteiger partial charge is 0.274 e. The van der Waals surface area contributed by atoms with Gasteiger partial charge in [-0.3, -0.25) is 14.8 Å². The Morgan fingerprint density at radius 1 is 1.42 bits per heavy atom. The number of rotatable bonds is 5. The minimum atomic E-state index is -0.362. The van der Waals surface area contributed by atoms with E-state index in [-0.39, 0.29) is 10.6 Å². The van der Waals surface area contributed by atoms with Gasteiger partial charge in [0.25, 0.3) is 5.69 Å². The van der Waals surface area contributed by atoms with E-state index in [1.54, 1.807) is 17.7 Å². The summed E-state index contributed by atoms with van der Waals surface area (Å²) in [6.07, 6.45) is 2.68. The summed E-state index contributed by atoms with van der Waals surface area (Å²) in [5.74, 6) is 0. The maximum Gasteiger partial charge on any atom is 0.274 e. The van der Waals surface area contributed by atoms with Gasteiger partial charge in [0, 0.05) is 43.5 Å². The van der Waals surface area contributed by atoms with Gasteiger partial charge in [0.2, 0.25) is 0 Å². The van der Waals surface area contributed by atoms with Crippen LogP contribution in [-0.2, 0) is 13.5 Å². The van der Waals surface area contributed by atoms with Crippen LogP contribution in [0.1, 0.15) is 11.3 Å². The van der Waals surface area contributed by atoms with Crippen LogP contribution in [0.5, 0.6) is 0 Å². The molecule has 0 fully saturated rings. The van der Waals surface area contributed by atoms with Gasteiger partial charge in [-0.05, 0) is 19.1 Å². The second-order valence-electron chi connectivity index (χ2n) is 4.36. The fourth-order valence-electron chi connectivity index (χ4n) is 1.93. The van der Waals surface area contributed by atoms with Gasteiger partial charge in [0.05, 0.1) is 10.6 Å². The molecular formula is C13H16N4O2. The van der Waals surface area contributed by atoms with E-state index < -0.39 is 0 Å². The Morgan fingerprint density at radius 3 is 2.84 bits per heavy atom. The molecule has 0 saturated carbocycles. The number of hydrogen-bond acceptors (Lipinski definition) is 4. The van der Waals surface area contributed by atoms with Gasteiger partial charge in [-0.15, -0.1) is 0 Å². The van der Waals surface area contributed by atoms with Crippen molar-refractivity contribution >= 4 is 11.4 Å². The predicted molar refractivity (Wildman–Crippen MR) is 73.2 cm³/mol. The van der Waals surface area contributed by atoms with Gasteiger partial charge in [0.15, 0.2) is 0 Å². The third-order valence-corrected chi connectivity index (χ3v) is 2.97. The summed E-state index contributed by atoms with van der Waals surface area (Å²) < 4.78 is 1.76. The third kappa shape index (κ3) is 3.09. The lowest BCUT2D eigenvalue weighted by atomic mass is 10.1. The molecule has 0 radical (unpaired) electrons. The number of nitrogens with one attached hydrogen (secondary N) is 1. The first-order valence-electron chi connectivity index (χ1n) is 6.04. The van der Waals surface area contributed by atoms with Crippen molar-refractivity contribution in [2.45, 2.75) is 13.3 Å². The van der Waals surface area contributed by atoms with Gasteiger partial charge in [-0.2, -0.15) is 5.10 Å². The van der Waals surface area contributed by atoms with Crippen LogP contribution in [-0.4, -0.2) is 21.2 Å². The molecule has 6 nitrogen and oxygen atoms in total. The summed E-state index contributed by atoms with van der Waals surface area (Å²) in [6.45, 7) is 2.44. The van der Waals surface area contributed by atoms with Gasteiger partial charge in [-0.1, -0.05) is 6.07 Å². The monoisotopic (exact) mass is 260 g/mol. The number of nitrogens with zero attached hydrogens (tertiary/aromatic N) is 3. The minimum absolute atomic E-state index is 0.142. The molecule has 0 aliphatic heterocycles. The average molecular weight is 260 g/mol. The molecule has 0 bridgehead atoms. The van der Waals surface area contributed by atoms with E-state index in [0.29, 0.717) is 12.1 Å². The Morgan fingerprint density at radius 2 is 2.21 bits per heavy atom. The Kier molecular flexibility index (Phi) is 3.79. The van der Waals surface area contributed by atoms with Crippen LogP contribution < -0.4 is 5.32 Å². The highest BCUT2D eigenvalue weighted by Crippen LogP contribution is 2.24. The minimum Gasteiger partial charge on any atom is -0.384 e. The van der Waals surface area contributed by atoms with Crippen LogP contribution in [0, 0.1) is 17.0 Å². The number of benzene rings is 1. The first-order valence-corrected chi connectivity index (χ1v) is 6.04. The SMILES string of the molecule is Cc1c(NCCc2ccn(C)n2)cccc1[N+](=O)[O-]. The van der Waals surface area contributed by atoms with Gasteiger partial charge in [-0.25, -0.2) is 0 Å². The Labute approximate surface area is 111 Å². The molecule has 0 aliphatic carbocycles. The lowest BCUT2D eigenvalue weighted by Crippen LogP contribution is -2.07. The van der Waals surface area contributed by atoms with E-state index in [0.717, 1.165) is 17.8 Å². The molecule has 1 aromatic heterocycles. The van der Waals surface area contributed by atoms with Crippen LogP contribution in [0.15, 0.2) is 30.5 Å². The van der Waals surface area contributed by atoms with E-state index >= 15 is 0 Å². The highest BCUT2D eigenvalue weighted by molar-refractivity contribution is 5.59. The molecule has 1 aromatic carbocycles. The van der Waals surface area contributed by atoms with Gasteiger partial charge < -0.3 is 5.32 Å². The van der Waals surface area contributed by atoms with Gasteiger partial charge >= 0.3 is 0 Å². The number of aryl methyl sites for hydroxylation is 1. The second-order valence-corrected chi connectivity index (χ2v) is 4.36. The molecule has 0 saturated heterocycles. The van der Waals surface area contributed by atoms with Crippen molar-refractivity contribution in [1.82, 2.24) is 9.78 Å². The second kappa shape index (κ2) is 5.51. The maximum absolute atomic E-state index is 10.8. The van der Waals surface area contributed by atoms with Crippen LogP contribution >= 0.6 is 0 Å². The molecule has 100 valence electrons. The molecule has 6 heteroatoms. The van der Waals surface area contributed by atoms with E-state index in [4.69, 9.17) is 0 Å². The standard InChI is InChI=1S/C13H16N4O2/c1-10-12(4-3-5-13(10)17(18)19)14-8-6-11-7-9-16(2)15-11/h3-5,7,9,14H,6,8H2,1-2H3. The lowest BCUT2D eigenvalue weighted by Gasteiger charge is -2.08. The average Bonchev–Trinajstić information content (AvgIpc) is 2.77. The predicted octanol–water partition coefficient (Wildman–Crippen LogP) is 2.29. The molecule has 0 spiro atoms. The molecule has 0 atom stereocenters. The molecule has 0 aliphatic rings. The summed E-state index contributed by atoms with van der Waals surface area (Å²) in [5.41, 5.74) is 2.60. The zero-order chi connectivity index (χ0) is 13.8. The molecule has 0 unspecified atom stereocenters. The Bertz CT molecular complexity index is 592. The fourth-order valence-corrected chi connectivity index (χ4v) is 1.93. The van der Waals surface area contributed by atoms with Crippen LogP contribution in [0.25, 0.3) is 0 Å². The van der Waals surface area contributed by atoms with Crippen LogP contribution in [0.2, 0.25) is 0 Å². The van der Waals surface area contributed by atoms with E-state index in [2.05, 4.69) is 10.4 Å². The fraction of sp³-hybridized carbons (Fsp3) is 0.308. The highest BCUT2D eigenvalue weighted by atomic mass is 16.6. The number of aromatic nitrogens is 2. The van der Waals surface area contributed by atoms with Crippen molar-refractivity contribution in [3.8, 4) is 0 Å². The highest BCUT2D eigenvalue weighted by Gasteiger charge is 2.12. The van der Waals surface area contributed by atoms with E-state index in [9.17, 15) is 10.1 Å². The van der Waals surface area contributed by atoms with Crippen molar-refractivity contribution < 1.29 is 4.92 Å². The topological polar surface area (TPSA) is 73.0 Å². The van der Waals surface area contributed by atoms with E-state index in [1.807, 2.05) is 25.4 Å². The first-order chi connectivity index (χ1) is 9.08. The molecule has 0 amide bonds. The Balaban J connectivity index is 2.00. The maximum atomic E-state index is 10.8. The zero-order valence-electron chi connectivity index (χ0n) is 11.0. The van der Waals surface area contributed by atoms with Crippen molar-refractivity contribution in [3.05, 3.63) is 51.8 Å². The number of hydrogen-bond donors (Lipinski definition) is 1. The zero-order valence-corrected chi connectivity index (χ0v) is 11.0.